The van der Waals surface area contributed by atoms with Crippen molar-refractivity contribution in [1.82, 2.24) is 14.9 Å². The monoisotopic (exact) mass is 388 g/mol. The number of amides is 2. The van der Waals surface area contributed by atoms with Crippen molar-refractivity contribution in [2.75, 3.05) is 18.9 Å². The molecule has 0 fully saturated rings. The maximum Gasteiger partial charge on any atom is 0.274 e. The highest BCUT2D eigenvalue weighted by Gasteiger charge is 2.17. The van der Waals surface area contributed by atoms with Gasteiger partial charge in [-0.1, -0.05) is 24.3 Å². The molecule has 0 spiro atoms. The first-order chi connectivity index (χ1) is 14.0. The van der Waals surface area contributed by atoms with E-state index in [1.807, 2.05) is 44.2 Å². The van der Waals surface area contributed by atoms with Gasteiger partial charge in [-0.05, 0) is 61.2 Å². The molecule has 0 saturated heterocycles. The van der Waals surface area contributed by atoms with Gasteiger partial charge < -0.3 is 10.2 Å². The average molecular weight is 388 g/mol. The molecule has 0 saturated carbocycles. The molecule has 0 atom stereocenters. The highest BCUT2D eigenvalue weighted by Crippen LogP contribution is 2.20. The van der Waals surface area contributed by atoms with Gasteiger partial charge in [-0.3, -0.25) is 14.6 Å². The van der Waals surface area contributed by atoms with Gasteiger partial charge in [-0.25, -0.2) is 4.98 Å². The molecule has 2 aromatic heterocycles. The topological polar surface area (TPSA) is 75.2 Å². The van der Waals surface area contributed by atoms with Crippen LogP contribution in [0.25, 0.3) is 0 Å². The van der Waals surface area contributed by atoms with E-state index < -0.39 is 0 Å². The summed E-state index contributed by atoms with van der Waals surface area (Å²) in [6.45, 7) is 4.42. The third kappa shape index (κ3) is 5.04. The van der Waals surface area contributed by atoms with Crippen molar-refractivity contribution in [3.63, 3.8) is 0 Å². The predicted molar refractivity (Wildman–Crippen MR) is 113 cm³/mol. The van der Waals surface area contributed by atoms with Crippen LogP contribution in [0.3, 0.4) is 0 Å². The summed E-state index contributed by atoms with van der Waals surface area (Å²) in [6, 6.07) is 14.6. The molecule has 6 heteroatoms. The summed E-state index contributed by atoms with van der Waals surface area (Å²) in [5.41, 5.74) is 4.28. The van der Waals surface area contributed by atoms with E-state index in [-0.39, 0.29) is 23.2 Å². The van der Waals surface area contributed by atoms with Crippen molar-refractivity contribution >= 4 is 17.5 Å². The average Bonchev–Trinajstić information content (AvgIpc) is 2.75. The van der Waals surface area contributed by atoms with Crippen molar-refractivity contribution in [2.45, 2.75) is 20.3 Å². The Morgan fingerprint density at radius 2 is 1.55 bits per heavy atom. The number of benzene rings is 1. The Morgan fingerprint density at radius 1 is 0.931 bits per heavy atom. The van der Waals surface area contributed by atoms with Gasteiger partial charge in [0.15, 0.2) is 0 Å². The van der Waals surface area contributed by atoms with Gasteiger partial charge >= 0.3 is 0 Å². The largest absolute Gasteiger partial charge is 0.340 e. The van der Waals surface area contributed by atoms with Crippen LogP contribution in [0.4, 0.5) is 5.69 Å². The number of para-hydroxylation sites is 1. The number of pyridine rings is 2. The summed E-state index contributed by atoms with van der Waals surface area (Å²) in [4.78, 5) is 35.3. The molecule has 0 aliphatic carbocycles. The molecule has 0 aliphatic heterocycles. The van der Waals surface area contributed by atoms with Crippen molar-refractivity contribution in [1.29, 1.82) is 0 Å². The number of hydrogen-bond acceptors (Lipinski definition) is 4. The Labute approximate surface area is 170 Å². The number of aromatic nitrogens is 2. The van der Waals surface area contributed by atoms with Gasteiger partial charge in [0.2, 0.25) is 0 Å². The molecule has 148 valence electrons. The zero-order chi connectivity index (χ0) is 20.8. The Kier molecular flexibility index (Phi) is 6.34. The van der Waals surface area contributed by atoms with Gasteiger partial charge in [0, 0.05) is 31.7 Å². The minimum atomic E-state index is -0.337. The van der Waals surface area contributed by atoms with E-state index in [0.29, 0.717) is 6.54 Å². The lowest BCUT2D eigenvalue weighted by Gasteiger charge is -2.17. The van der Waals surface area contributed by atoms with Crippen molar-refractivity contribution in [3.05, 3.63) is 89.0 Å². The number of carbonyl (C=O) groups is 2. The van der Waals surface area contributed by atoms with Crippen LogP contribution in [0.2, 0.25) is 0 Å². The fourth-order valence-corrected chi connectivity index (χ4v) is 3.01. The summed E-state index contributed by atoms with van der Waals surface area (Å²) < 4.78 is 0. The molecular formula is C23H24N4O2. The first-order valence-corrected chi connectivity index (χ1v) is 9.44. The van der Waals surface area contributed by atoms with Crippen LogP contribution in [0.15, 0.2) is 60.9 Å². The number of anilines is 1. The van der Waals surface area contributed by atoms with Crippen LogP contribution < -0.4 is 5.32 Å². The van der Waals surface area contributed by atoms with Gasteiger partial charge in [0.25, 0.3) is 11.8 Å². The zero-order valence-corrected chi connectivity index (χ0v) is 16.8. The highest BCUT2D eigenvalue weighted by molar-refractivity contribution is 6.04. The second-order valence-corrected chi connectivity index (χ2v) is 6.96. The molecule has 3 rings (SSSR count). The third-order valence-corrected chi connectivity index (χ3v) is 4.75. The van der Waals surface area contributed by atoms with E-state index in [9.17, 15) is 9.59 Å². The highest BCUT2D eigenvalue weighted by atomic mass is 16.2. The fourth-order valence-electron chi connectivity index (χ4n) is 3.01. The smallest absolute Gasteiger partial charge is 0.274 e. The van der Waals surface area contributed by atoms with Crippen molar-refractivity contribution < 1.29 is 9.59 Å². The molecule has 0 bridgehead atoms. The van der Waals surface area contributed by atoms with E-state index in [4.69, 9.17) is 0 Å². The number of nitrogens with one attached hydrogen (secondary N) is 1. The van der Waals surface area contributed by atoms with Crippen LogP contribution in [0, 0.1) is 13.8 Å². The van der Waals surface area contributed by atoms with E-state index in [2.05, 4.69) is 15.3 Å². The quantitative estimate of drug-likeness (QED) is 0.699. The standard InChI is InChI=1S/C23H24N4O2/c1-16-6-4-7-17(2)21(16)26-22(28)19-8-5-9-20(25-19)23(29)27(3)15-12-18-10-13-24-14-11-18/h4-11,13-14H,12,15H2,1-3H3,(H,26,28). The molecule has 1 N–H and O–H groups in total. The second kappa shape index (κ2) is 9.10. The van der Waals surface area contributed by atoms with Crippen LogP contribution >= 0.6 is 0 Å². The summed E-state index contributed by atoms with van der Waals surface area (Å²) in [6.07, 6.45) is 4.19. The molecular weight excluding hydrogens is 364 g/mol. The minimum absolute atomic E-state index is 0.209. The Morgan fingerprint density at radius 3 is 2.24 bits per heavy atom. The normalized spacial score (nSPS) is 10.4. The Balaban J connectivity index is 1.69. The first-order valence-electron chi connectivity index (χ1n) is 9.44. The van der Waals surface area contributed by atoms with Gasteiger partial charge in [-0.15, -0.1) is 0 Å². The minimum Gasteiger partial charge on any atom is -0.340 e. The third-order valence-electron chi connectivity index (χ3n) is 4.75. The lowest BCUT2D eigenvalue weighted by molar-refractivity contribution is 0.0790. The molecule has 0 radical (unpaired) electrons. The molecule has 0 aliphatic rings. The number of carbonyl (C=O) groups excluding carboxylic acids is 2. The van der Waals surface area contributed by atoms with E-state index in [1.165, 1.54) is 0 Å². The van der Waals surface area contributed by atoms with Crippen LogP contribution in [-0.4, -0.2) is 40.3 Å². The number of rotatable bonds is 6. The molecule has 2 heterocycles. The van der Waals surface area contributed by atoms with Crippen molar-refractivity contribution in [2.24, 2.45) is 0 Å². The first kappa shape index (κ1) is 20.2. The zero-order valence-electron chi connectivity index (χ0n) is 16.8. The predicted octanol–water partition coefficient (Wildman–Crippen LogP) is 3.66. The molecule has 3 aromatic rings. The SMILES string of the molecule is Cc1cccc(C)c1NC(=O)c1cccc(C(=O)N(C)CCc2ccncc2)n1. The maximum absolute atomic E-state index is 12.7. The second-order valence-electron chi connectivity index (χ2n) is 6.96. The van der Waals surface area contributed by atoms with E-state index in [0.717, 1.165) is 28.8 Å². The lowest BCUT2D eigenvalue weighted by Crippen LogP contribution is -2.30. The van der Waals surface area contributed by atoms with Gasteiger partial charge in [0.05, 0.1) is 0 Å². The summed E-state index contributed by atoms with van der Waals surface area (Å²) in [7, 11) is 1.73. The maximum atomic E-state index is 12.7. The molecule has 29 heavy (non-hydrogen) atoms. The molecule has 1 aromatic carbocycles. The van der Waals surface area contributed by atoms with E-state index in [1.54, 1.807) is 42.5 Å². The van der Waals surface area contributed by atoms with Gasteiger partial charge in [0.1, 0.15) is 11.4 Å². The molecule has 6 nitrogen and oxygen atoms in total. The van der Waals surface area contributed by atoms with E-state index >= 15 is 0 Å². The number of nitrogens with zero attached hydrogens (tertiary/aromatic N) is 3. The van der Waals surface area contributed by atoms with Crippen molar-refractivity contribution in [3.8, 4) is 0 Å². The number of aryl methyl sites for hydroxylation is 2. The Hall–Kier alpha value is -3.54. The van der Waals surface area contributed by atoms with Crippen LogP contribution in [-0.2, 0) is 6.42 Å². The summed E-state index contributed by atoms with van der Waals surface area (Å²) in [5.74, 6) is -0.558. The Bertz CT molecular complexity index is 998. The van der Waals surface area contributed by atoms with Gasteiger partial charge in [-0.2, -0.15) is 0 Å². The molecule has 0 unspecified atom stereocenters. The lowest BCUT2D eigenvalue weighted by atomic mass is 10.1. The summed E-state index contributed by atoms with van der Waals surface area (Å²) in [5, 5.41) is 2.90. The van der Waals surface area contributed by atoms with Crippen LogP contribution in [0.5, 0.6) is 0 Å². The fraction of sp³-hybridized carbons (Fsp3) is 0.217. The number of likely N-dealkylation sites (N-methyl/N-ethyl adjacent to an activating group) is 1. The molecule has 2 amide bonds. The summed E-state index contributed by atoms with van der Waals surface area (Å²) >= 11 is 0. The van der Waals surface area contributed by atoms with Crippen LogP contribution in [0.1, 0.15) is 37.7 Å². The number of hydrogen-bond donors (Lipinski definition) is 1.